The van der Waals surface area contributed by atoms with Crippen LogP contribution in [0.15, 0.2) is 22.9 Å². The maximum Gasteiger partial charge on any atom is 0.140 e. The number of aromatic nitrogens is 2. The monoisotopic (exact) mass is 254 g/mol. The summed E-state index contributed by atoms with van der Waals surface area (Å²) in [4.78, 5) is 4.38. The van der Waals surface area contributed by atoms with E-state index in [-0.39, 0.29) is 0 Å². The van der Waals surface area contributed by atoms with Gasteiger partial charge >= 0.3 is 0 Å². The number of rotatable bonds is 2. The van der Waals surface area contributed by atoms with Crippen LogP contribution in [0.25, 0.3) is 5.52 Å². The average Bonchev–Trinajstić information content (AvgIpc) is 2.44. The largest absolute Gasteiger partial charge is 0.377 e. The van der Waals surface area contributed by atoms with Crippen LogP contribution in [0, 0.1) is 6.92 Å². The third-order valence-corrected chi connectivity index (χ3v) is 2.68. The molecule has 74 valence electrons. The van der Waals surface area contributed by atoms with Crippen molar-refractivity contribution >= 4 is 21.4 Å². The molecule has 0 aliphatic rings. The summed E-state index contributed by atoms with van der Waals surface area (Å²) in [6.45, 7) is 2.59. The van der Waals surface area contributed by atoms with Gasteiger partial charge < -0.3 is 9.14 Å². The fourth-order valence-electron chi connectivity index (χ4n) is 1.45. The molecule has 0 radical (unpaired) electrons. The van der Waals surface area contributed by atoms with Crippen LogP contribution in [-0.4, -0.2) is 16.5 Å². The lowest BCUT2D eigenvalue weighted by Crippen LogP contribution is -1.95. The first-order valence-electron chi connectivity index (χ1n) is 4.34. The van der Waals surface area contributed by atoms with E-state index in [4.69, 9.17) is 4.74 Å². The minimum atomic E-state index is 0.524. The molecule has 0 unspecified atom stereocenters. The van der Waals surface area contributed by atoms with Gasteiger partial charge in [0.05, 0.1) is 5.52 Å². The van der Waals surface area contributed by atoms with Gasteiger partial charge in [0.2, 0.25) is 0 Å². The first-order valence-corrected chi connectivity index (χ1v) is 5.13. The number of aryl methyl sites for hydroxylation is 1. The molecule has 0 bridgehead atoms. The molecule has 0 aromatic carbocycles. The Labute approximate surface area is 90.8 Å². The summed E-state index contributed by atoms with van der Waals surface area (Å²) in [6, 6.07) is 4.15. The molecule has 14 heavy (non-hydrogen) atoms. The number of nitrogens with zero attached hydrogens (tertiary/aromatic N) is 2. The highest BCUT2D eigenvalue weighted by Gasteiger charge is 2.07. The normalized spacial score (nSPS) is 11.1. The van der Waals surface area contributed by atoms with E-state index in [1.165, 1.54) is 5.56 Å². The van der Waals surface area contributed by atoms with Crippen molar-refractivity contribution in [3.8, 4) is 0 Å². The number of imidazole rings is 1. The lowest BCUT2D eigenvalue weighted by molar-refractivity contribution is 0.177. The molecule has 0 atom stereocenters. The van der Waals surface area contributed by atoms with E-state index in [0.717, 1.165) is 15.9 Å². The summed E-state index contributed by atoms with van der Waals surface area (Å²) in [6.07, 6.45) is 2.01. The predicted molar refractivity (Wildman–Crippen MR) is 58.3 cm³/mol. The minimum absolute atomic E-state index is 0.524. The summed E-state index contributed by atoms with van der Waals surface area (Å²) < 4.78 is 7.97. The summed E-state index contributed by atoms with van der Waals surface area (Å²) in [5, 5.41) is 0. The zero-order valence-electron chi connectivity index (χ0n) is 8.12. The quantitative estimate of drug-likeness (QED) is 0.824. The van der Waals surface area contributed by atoms with Crippen LogP contribution < -0.4 is 0 Å². The Morgan fingerprint density at radius 3 is 3.07 bits per heavy atom. The number of hydrogen-bond donors (Lipinski definition) is 0. The van der Waals surface area contributed by atoms with Gasteiger partial charge in [-0.05, 0) is 40.5 Å². The fraction of sp³-hybridized carbons (Fsp3) is 0.300. The van der Waals surface area contributed by atoms with E-state index in [0.29, 0.717) is 6.61 Å². The van der Waals surface area contributed by atoms with Crippen molar-refractivity contribution in [2.24, 2.45) is 0 Å². The standard InChI is InChI=1S/C10H11BrN2O/c1-7-3-4-13-8(5-7)10(11)12-9(13)6-14-2/h3-5H,6H2,1-2H3. The highest BCUT2D eigenvalue weighted by molar-refractivity contribution is 9.10. The van der Waals surface area contributed by atoms with E-state index in [2.05, 4.69) is 40.0 Å². The van der Waals surface area contributed by atoms with Gasteiger partial charge in [-0.1, -0.05) is 0 Å². The molecule has 3 nitrogen and oxygen atoms in total. The van der Waals surface area contributed by atoms with Crippen molar-refractivity contribution in [3.63, 3.8) is 0 Å². The Morgan fingerprint density at radius 1 is 1.57 bits per heavy atom. The van der Waals surface area contributed by atoms with Gasteiger partial charge in [-0.3, -0.25) is 0 Å². The molecule has 0 aliphatic carbocycles. The summed E-state index contributed by atoms with van der Waals surface area (Å²) in [5.41, 5.74) is 2.30. The first kappa shape index (κ1) is 9.68. The van der Waals surface area contributed by atoms with Gasteiger partial charge in [0, 0.05) is 13.3 Å². The van der Waals surface area contributed by atoms with Crippen LogP contribution in [0.1, 0.15) is 11.4 Å². The zero-order valence-corrected chi connectivity index (χ0v) is 9.71. The Bertz CT molecular complexity index is 464. The molecular formula is C10H11BrN2O. The Balaban J connectivity index is 2.65. The summed E-state index contributed by atoms with van der Waals surface area (Å²) in [5.74, 6) is 0.911. The van der Waals surface area contributed by atoms with Gasteiger partial charge in [-0.25, -0.2) is 4.98 Å². The van der Waals surface area contributed by atoms with E-state index >= 15 is 0 Å². The van der Waals surface area contributed by atoms with Crippen molar-refractivity contribution in [2.75, 3.05) is 7.11 Å². The van der Waals surface area contributed by atoms with Crippen molar-refractivity contribution in [3.05, 3.63) is 34.3 Å². The molecule has 2 aromatic heterocycles. The Kier molecular flexibility index (Phi) is 2.56. The smallest absolute Gasteiger partial charge is 0.140 e. The molecule has 2 heterocycles. The van der Waals surface area contributed by atoms with E-state index in [9.17, 15) is 0 Å². The van der Waals surface area contributed by atoms with Crippen LogP contribution in [-0.2, 0) is 11.3 Å². The van der Waals surface area contributed by atoms with Gasteiger partial charge in [-0.15, -0.1) is 0 Å². The number of ether oxygens (including phenoxy) is 1. The third kappa shape index (κ3) is 1.55. The molecule has 0 amide bonds. The van der Waals surface area contributed by atoms with Gasteiger partial charge in [0.1, 0.15) is 17.0 Å². The number of fused-ring (bicyclic) bond motifs is 1. The number of hydrogen-bond acceptors (Lipinski definition) is 2. The maximum absolute atomic E-state index is 5.08. The molecule has 2 aromatic rings. The van der Waals surface area contributed by atoms with Crippen LogP contribution >= 0.6 is 15.9 Å². The van der Waals surface area contributed by atoms with E-state index < -0.39 is 0 Å². The van der Waals surface area contributed by atoms with Crippen LogP contribution in [0.5, 0.6) is 0 Å². The third-order valence-electron chi connectivity index (χ3n) is 2.10. The molecule has 2 rings (SSSR count). The highest BCUT2D eigenvalue weighted by Crippen LogP contribution is 2.20. The van der Waals surface area contributed by atoms with Crippen LogP contribution in [0.4, 0.5) is 0 Å². The predicted octanol–water partition coefficient (Wildman–Crippen LogP) is 2.55. The van der Waals surface area contributed by atoms with Gasteiger partial charge in [0.25, 0.3) is 0 Å². The Morgan fingerprint density at radius 2 is 2.36 bits per heavy atom. The minimum Gasteiger partial charge on any atom is -0.377 e. The molecule has 4 heteroatoms. The number of methoxy groups -OCH3 is 1. The summed E-state index contributed by atoms with van der Waals surface area (Å²) in [7, 11) is 1.67. The number of halogens is 1. The number of pyridine rings is 1. The lowest BCUT2D eigenvalue weighted by Gasteiger charge is -2.00. The van der Waals surface area contributed by atoms with Gasteiger partial charge in [-0.2, -0.15) is 0 Å². The van der Waals surface area contributed by atoms with Crippen molar-refractivity contribution in [1.82, 2.24) is 9.38 Å². The SMILES string of the molecule is COCc1nc(Br)c2cc(C)ccn12. The van der Waals surface area contributed by atoms with Crippen LogP contribution in [0.3, 0.4) is 0 Å². The van der Waals surface area contributed by atoms with Crippen molar-refractivity contribution < 1.29 is 4.74 Å². The molecular weight excluding hydrogens is 244 g/mol. The Hall–Kier alpha value is -0.870. The second-order valence-electron chi connectivity index (χ2n) is 3.21. The maximum atomic E-state index is 5.08. The van der Waals surface area contributed by atoms with Crippen molar-refractivity contribution in [1.29, 1.82) is 0 Å². The van der Waals surface area contributed by atoms with Crippen LogP contribution in [0.2, 0.25) is 0 Å². The summed E-state index contributed by atoms with van der Waals surface area (Å²) >= 11 is 3.43. The van der Waals surface area contributed by atoms with Gasteiger partial charge in [0.15, 0.2) is 0 Å². The molecule has 0 fully saturated rings. The second-order valence-corrected chi connectivity index (χ2v) is 3.96. The fourth-order valence-corrected chi connectivity index (χ4v) is 1.96. The molecule has 0 saturated carbocycles. The molecule has 0 N–H and O–H groups in total. The first-order chi connectivity index (χ1) is 6.72. The van der Waals surface area contributed by atoms with E-state index in [1.807, 2.05) is 10.6 Å². The topological polar surface area (TPSA) is 26.5 Å². The lowest BCUT2D eigenvalue weighted by atomic mass is 10.3. The second kappa shape index (κ2) is 3.71. The van der Waals surface area contributed by atoms with Crippen molar-refractivity contribution in [2.45, 2.75) is 13.5 Å². The molecule has 0 spiro atoms. The highest BCUT2D eigenvalue weighted by atomic mass is 79.9. The van der Waals surface area contributed by atoms with E-state index in [1.54, 1.807) is 7.11 Å². The molecule has 0 aliphatic heterocycles. The average molecular weight is 255 g/mol. The zero-order chi connectivity index (χ0) is 10.1. The molecule has 0 saturated heterocycles.